The summed E-state index contributed by atoms with van der Waals surface area (Å²) in [6, 6.07) is 4.21. The second-order valence-corrected chi connectivity index (χ2v) is 6.15. The summed E-state index contributed by atoms with van der Waals surface area (Å²) in [4.78, 5) is 32.5. The fourth-order valence-electron chi connectivity index (χ4n) is 3.05. The molecule has 1 aliphatic heterocycles. The Hall–Kier alpha value is -2.32. The van der Waals surface area contributed by atoms with E-state index in [0.717, 1.165) is 0 Å². The first-order valence-corrected chi connectivity index (χ1v) is 8.14. The van der Waals surface area contributed by atoms with Gasteiger partial charge in [0.05, 0.1) is 11.0 Å². The van der Waals surface area contributed by atoms with Crippen LogP contribution in [0.15, 0.2) is 23.0 Å². The van der Waals surface area contributed by atoms with E-state index in [4.69, 9.17) is 4.74 Å². The third-order valence-electron chi connectivity index (χ3n) is 4.47. The maximum absolute atomic E-state index is 13.5. The lowest BCUT2D eigenvalue weighted by molar-refractivity contribution is -0.136. The second kappa shape index (κ2) is 7.28. The highest BCUT2D eigenvalue weighted by Gasteiger charge is 2.22. The Morgan fingerprint density at radius 2 is 2.00 bits per heavy atom. The van der Waals surface area contributed by atoms with Crippen LogP contribution in [-0.2, 0) is 23.1 Å². The highest BCUT2D eigenvalue weighted by atomic mass is 19.1. The molecule has 1 aromatic heterocycles. The predicted molar refractivity (Wildman–Crippen MR) is 90.7 cm³/mol. The molecule has 0 atom stereocenters. The molecule has 0 saturated carbocycles. The van der Waals surface area contributed by atoms with E-state index in [1.165, 1.54) is 23.8 Å². The summed E-state index contributed by atoms with van der Waals surface area (Å²) in [5.74, 6) is -0.410. The zero-order valence-corrected chi connectivity index (χ0v) is 14.4. The predicted octanol–water partition coefficient (Wildman–Crippen LogP) is 0.363. The standard InChI is InChI=1S/C17H21FN4O3/c1-20-15-4-3-12(18)9-13(15)19-14(17(20)24)10-21-5-7-22(8-6-21)16(23)11-25-2/h3-4,9H,5-8,10-11H2,1-2H3. The van der Waals surface area contributed by atoms with E-state index in [1.807, 2.05) is 0 Å². The number of ether oxygens (including phenoxy) is 1. The summed E-state index contributed by atoms with van der Waals surface area (Å²) in [6.07, 6.45) is 0. The van der Waals surface area contributed by atoms with E-state index >= 15 is 0 Å². The SMILES string of the molecule is COCC(=O)N1CCN(Cc2nc3cc(F)ccc3n(C)c2=O)CC1. The maximum Gasteiger partial charge on any atom is 0.273 e. The lowest BCUT2D eigenvalue weighted by Crippen LogP contribution is -2.49. The van der Waals surface area contributed by atoms with Crippen LogP contribution in [0.1, 0.15) is 5.69 Å². The van der Waals surface area contributed by atoms with Crippen LogP contribution >= 0.6 is 0 Å². The van der Waals surface area contributed by atoms with E-state index in [0.29, 0.717) is 49.5 Å². The van der Waals surface area contributed by atoms with Crippen LogP contribution in [0.2, 0.25) is 0 Å². The molecule has 0 N–H and O–H groups in total. The third kappa shape index (κ3) is 3.69. The van der Waals surface area contributed by atoms with Crippen molar-refractivity contribution in [2.75, 3.05) is 39.9 Å². The first kappa shape index (κ1) is 17.5. The number of rotatable bonds is 4. The molecule has 0 spiro atoms. The first-order chi connectivity index (χ1) is 12.0. The molecule has 0 unspecified atom stereocenters. The average Bonchev–Trinajstić information content (AvgIpc) is 2.60. The van der Waals surface area contributed by atoms with Gasteiger partial charge in [-0.15, -0.1) is 0 Å². The van der Waals surface area contributed by atoms with Crippen LogP contribution in [-0.4, -0.2) is 65.2 Å². The molecule has 25 heavy (non-hydrogen) atoms. The fraction of sp³-hybridized carbons (Fsp3) is 0.471. The van der Waals surface area contributed by atoms with Gasteiger partial charge in [0.25, 0.3) is 5.56 Å². The van der Waals surface area contributed by atoms with Gasteiger partial charge in [0.1, 0.15) is 18.1 Å². The Morgan fingerprint density at radius 1 is 1.28 bits per heavy atom. The summed E-state index contributed by atoms with van der Waals surface area (Å²) >= 11 is 0. The zero-order chi connectivity index (χ0) is 18.0. The van der Waals surface area contributed by atoms with Crippen molar-refractivity contribution in [2.24, 2.45) is 7.05 Å². The van der Waals surface area contributed by atoms with Crippen molar-refractivity contribution in [1.82, 2.24) is 19.4 Å². The van der Waals surface area contributed by atoms with Gasteiger partial charge in [-0.1, -0.05) is 0 Å². The molecule has 1 aliphatic rings. The van der Waals surface area contributed by atoms with Crippen LogP contribution in [0.4, 0.5) is 4.39 Å². The molecule has 0 bridgehead atoms. The molecule has 1 aromatic carbocycles. The molecular weight excluding hydrogens is 327 g/mol. The minimum atomic E-state index is -0.380. The zero-order valence-electron chi connectivity index (χ0n) is 14.4. The van der Waals surface area contributed by atoms with Crippen molar-refractivity contribution >= 4 is 16.9 Å². The van der Waals surface area contributed by atoms with Gasteiger partial charge in [-0.05, 0) is 12.1 Å². The van der Waals surface area contributed by atoms with Crippen LogP contribution in [0.5, 0.6) is 0 Å². The summed E-state index contributed by atoms with van der Waals surface area (Å²) in [5.41, 5.74) is 1.27. The molecule has 7 nitrogen and oxygen atoms in total. The quantitative estimate of drug-likeness (QED) is 0.798. The maximum atomic E-state index is 13.5. The minimum Gasteiger partial charge on any atom is -0.375 e. The molecule has 2 aromatic rings. The van der Waals surface area contributed by atoms with Crippen molar-refractivity contribution in [1.29, 1.82) is 0 Å². The normalized spacial score (nSPS) is 15.7. The number of piperazine rings is 1. The van der Waals surface area contributed by atoms with Gasteiger partial charge < -0.3 is 14.2 Å². The molecule has 1 amide bonds. The number of aryl methyl sites for hydroxylation is 1. The molecule has 1 fully saturated rings. The summed E-state index contributed by atoms with van der Waals surface area (Å²) < 4.78 is 19.8. The summed E-state index contributed by atoms with van der Waals surface area (Å²) in [6.45, 7) is 2.95. The number of carbonyl (C=O) groups is 1. The number of nitrogens with zero attached hydrogens (tertiary/aromatic N) is 4. The molecule has 0 radical (unpaired) electrons. The van der Waals surface area contributed by atoms with Crippen molar-refractivity contribution in [2.45, 2.75) is 6.54 Å². The number of methoxy groups -OCH3 is 1. The molecule has 134 valence electrons. The topological polar surface area (TPSA) is 67.7 Å². The van der Waals surface area contributed by atoms with Crippen molar-refractivity contribution < 1.29 is 13.9 Å². The Balaban J connectivity index is 1.75. The van der Waals surface area contributed by atoms with E-state index in [1.54, 1.807) is 18.0 Å². The smallest absolute Gasteiger partial charge is 0.273 e. The number of fused-ring (bicyclic) bond motifs is 1. The lowest BCUT2D eigenvalue weighted by atomic mass is 10.2. The lowest BCUT2D eigenvalue weighted by Gasteiger charge is -2.34. The van der Waals surface area contributed by atoms with Gasteiger partial charge >= 0.3 is 0 Å². The van der Waals surface area contributed by atoms with Gasteiger partial charge in [0.2, 0.25) is 5.91 Å². The number of carbonyl (C=O) groups excluding carboxylic acids is 1. The van der Waals surface area contributed by atoms with Gasteiger partial charge in [0, 0.05) is 52.9 Å². The van der Waals surface area contributed by atoms with Gasteiger partial charge in [0.15, 0.2) is 0 Å². The fourth-order valence-corrected chi connectivity index (χ4v) is 3.05. The Kier molecular flexibility index (Phi) is 5.10. The van der Waals surface area contributed by atoms with Crippen molar-refractivity contribution in [3.63, 3.8) is 0 Å². The largest absolute Gasteiger partial charge is 0.375 e. The highest BCUT2D eigenvalue weighted by molar-refractivity contribution is 5.77. The van der Waals surface area contributed by atoms with E-state index in [2.05, 4.69) is 9.88 Å². The average molecular weight is 348 g/mol. The second-order valence-electron chi connectivity index (χ2n) is 6.15. The van der Waals surface area contributed by atoms with E-state index < -0.39 is 0 Å². The summed E-state index contributed by atoms with van der Waals surface area (Å²) in [7, 11) is 3.16. The van der Waals surface area contributed by atoms with Gasteiger partial charge in [-0.3, -0.25) is 14.5 Å². The Morgan fingerprint density at radius 3 is 2.68 bits per heavy atom. The number of hydrogen-bond donors (Lipinski definition) is 0. The van der Waals surface area contributed by atoms with Crippen LogP contribution in [0.3, 0.4) is 0 Å². The van der Waals surface area contributed by atoms with Crippen LogP contribution in [0.25, 0.3) is 11.0 Å². The first-order valence-electron chi connectivity index (χ1n) is 8.14. The minimum absolute atomic E-state index is 0.0302. The molecule has 3 rings (SSSR count). The van der Waals surface area contributed by atoms with Gasteiger partial charge in [-0.2, -0.15) is 0 Å². The number of aromatic nitrogens is 2. The highest BCUT2D eigenvalue weighted by Crippen LogP contribution is 2.13. The molecule has 2 heterocycles. The monoisotopic (exact) mass is 348 g/mol. The number of benzene rings is 1. The van der Waals surface area contributed by atoms with E-state index in [-0.39, 0.29) is 23.9 Å². The molecule has 0 aliphatic carbocycles. The number of hydrogen-bond acceptors (Lipinski definition) is 5. The third-order valence-corrected chi connectivity index (χ3v) is 4.47. The van der Waals surface area contributed by atoms with Crippen molar-refractivity contribution in [3.05, 3.63) is 40.1 Å². The number of amides is 1. The van der Waals surface area contributed by atoms with Crippen LogP contribution < -0.4 is 5.56 Å². The Bertz CT molecular complexity index is 844. The summed E-state index contributed by atoms with van der Waals surface area (Å²) in [5, 5.41) is 0. The van der Waals surface area contributed by atoms with Crippen LogP contribution in [0, 0.1) is 5.82 Å². The molecule has 1 saturated heterocycles. The Labute approximate surface area is 144 Å². The molecule has 8 heteroatoms. The number of halogens is 1. The van der Waals surface area contributed by atoms with Gasteiger partial charge in [-0.25, -0.2) is 9.37 Å². The molecular formula is C17H21FN4O3. The van der Waals surface area contributed by atoms with E-state index in [9.17, 15) is 14.0 Å². The van der Waals surface area contributed by atoms with Crippen molar-refractivity contribution in [3.8, 4) is 0 Å².